The van der Waals surface area contributed by atoms with Crippen molar-refractivity contribution in [3.8, 4) is 11.5 Å². The maximum atomic E-state index is 12.4. The molecule has 2 N–H and O–H groups in total. The Bertz CT molecular complexity index is 1160. The van der Waals surface area contributed by atoms with Crippen molar-refractivity contribution in [1.82, 2.24) is 10.6 Å². The molecule has 2 aromatic rings. The van der Waals surface area contributed by atoms with E-state index in [1.54, 1.807) is 18.2 Å². The van der Waals surface area contributed by atoms with Crippen molar-refractivity contribution in [2.45, 2.75) is 54.0 Å². The van der Waals surface area contributed by atoms with E-state index in [4.69, 9.17) is 14.3 Å². The molecule has 0 aromatic heterocycles. The summed E-state index contributed by atoms with van der Waals surface area (Å²) < 4.78 is 10.5. The van der Waals surface area contributed by atoms with E-state index in [9.17, 15) is 19.2 Å². The summed E-state index contributed by atoms with van der Waals surface area (Å²) in [5, 5.41) is 5.15. The second-order valence-corrected chi connectivity index (χ2v) is 8.95. The van der Waals surface area contributed by atoms with Gasteiger partial charge in [-0.2, -0.15) is 0 Å². The fourth-order valence-corrected chi connectivity index (χ4v) is 3.57. The molecule has 9 nitrogen and oxygen atoms in total. The average Bonchev–Trinajstić information content (AvgIpc) is 3.34. The summed E-state index contributed by atoms with van der Waals surface area (Å²) >= 11 is 0. The van der Waals surface area contributed by atoms with Crippen LogP contribution in [-0.4, -0.2) is 36.6 Å². The van der Waals surface area contributed by atoms with Gasteiger partial charge in [-0.3, -0.25) is 24.5 Å². The van der Waals surface area contributed by atoms with Crippen LogP contribution in [0.15, 0.2) is 36.4 Å². The Kier molecular flexibility index (Phi) is 11.0. The Morgan fingerprint density at radius 1 is 1.14 bits per heavy atom. The predicted molar refractivity (Wildman–Crippen MR) is 137 cm³/mol. The number of hydrogen-bond acceptors (Lipinski definition) is 7. The number of hydrogen-bond donors (Lipinski definition) is 2. The van der Waals surface area contributed by atoms with Crippen LogP contribution < -0.4 is 20.1 Å². The summed E-state index contributed by atoms with van der Waals surface area (Å²) in [7, 11) is 0. The molecule has 2 aliphatic rings. The molecule has 2 aliphatic heterocycles. The van der Waals surface area contributed by atoms with Crippen molar-refractivity contribution < 1.29 is 33.4 Å². The van der Waals surface area contributed by atoms with Gasteiger partial charge in [-0.1, -0.05) is 39.0 Å². The largest absolute Gasteiger partial charge is 0.454 e. The molecule has 1 fully saturated rings. The number of ketones is 1. The highest BCUT2D eigenvalue weighted by atomic mass is 16.7. The molecular formula is C28H34N2O7. The summed E-state index contributed by atoms with van der Waals surface area (Å²) in [6.45, 7) is 9.49. The molecule has 9 heteroatoms. The highest BCUT2D eigenvalue weighted by Gasteiger charge is 2.21. The van der Waals surface area contributed by atoms with Crippen LogP contribution in [0.1, 0.15) is 72.4 Å². The maximum absolute atomic E-state index is 12.4. The van der Waals surface area contributed by atoms with Crippen LogP contribution in [0.25, 0.3) is 0 Å². The van der Waals surface area contributed by atoms with Crippen molar-refractivity contribution in [1.29, 1.82) is 0 Å². The first kappa shape index (κ1) is 29.2. The van der Waals surface area contributed by atoms with E-state index >= 15 is 0 Å². The molecular weight excluding hydrogens is 476 g/mol. The molecule has 1 atom stereocenters. The van der Waals surface area contributed by atoms with Gasteiger partial charge in [0.05, 0.1) is 0 Å². The SMILES string of the molecule is CC1CCC(=O)NC1=O.CC=O.Cc1c(CNC(=O)c2ccc3c(c2)OCO3)cccc1C(=O)C(C)C. The Hall–Kier alpha value is -4.01. The van der Waals surface area contributed by atoms with Crippen LogP contribution in [-0.2, 0) is 20.9 Å². The number of imide groups is 1. The number of ether oxygens (including phenoxy) is 2. The molecule has 2 heterocycles. The van der Waals surface area contributed by atoms with E-state index in [1.807, 2.05) is 45.9 Å². The van der Waals surface area contributed by atoms with Crippen LogP contribution in [0, 0.1) is 18.8 Å². The second kappa shape index (κ2) is 13.9. The zero-order chi connectivity index (χ0) is 27.5. The third-order valence-corrected chi connectivity index (χ3v) is 5.82. The Morgan fingerprint density at radius 2 is 1.81 bits per heavy atom. The van der Waals surface area contributed by atoms with Gasteiger partial charge in [-0.05, 0) is 49.6 Å². The van der Waals surface area contributed by atoms with Crippen LogP contribution in [0.2, 0.25) is 0 Å². The first-order chi connectivity index (χ1) is 17.6. The van der Waals surface area contributed by atoms with Crippen molar-refractivity contribution in [3.63, 3.8) is 0 Å². The number of carbonyl (C=O) groups excluding carboxylic acids is 5. The number of rotatable bonds is 5. The smallest absolute Gasteiger partial charge is 0.251 e. The maximum Gasteiger partial charge on any atom is 0.251 e. The van der Waals surface area contributed by atoms with Crippen LogP contribution in [0.3, 0.4) is 0 Å². The molecule has 198 valence electrons. The number of carbonyl (C=O) groups is 5. The highest BCUT2D eigenvalue weighted by molar-refractivity contribution is 5.99. The van der Waals surface area contributed by atoms with Gasteiger partial charge in [0.2, 0.25) is 18.6 Å². The molecule has 2 aromatic carbocycles. The number of aldehydes is 1. The molecule has 1 saturated heterocycles. The molecule has 37 heavy (non-hydrogen) atoms. The van der Waals surface area contributed by atoms with Gasteiger partial charge in [0.15, 0.2) is 17.3 Å². The topological polar surface area (TPSA) is 128 Å². The van der Waals surface area contributed by atoms with Gasteiger partial charge in [0.25, 0.3) is 5.91 Å². The zero-order valence-electron chi connectivity index (χ0n) is 21.9. The minimum Gasteiger partial charge on any atom is -0.454 e. The number of amides is 3. The first-order valence-electron chi connectivity index (χ1n) is 12.1. The Morgan fingerprint density at radius 3 is 2.43 bits per heavy atom. The molecule has 0 spiro atoms. The van der Waals surface area contributed by atoms with Crippen molar-refractivity contribution >= 4 is 29.8 Å². The normalized spacial score (nSPS) is 15.5. The van der Waals surface area contributed by atoms with Gasteiger partial charge in [0, 0.05) is 35.9 Å². The molecule has 0 aliphatic carbocycles. The number of piperidine rings is 1. The molecule has 0 radical (unpaired) electrons. The van der Waals surface area contributed by atoms with Gasteiger partial charge in [-0.15, -0.1) is 0 Å². The van der Waals surface area contributed by atoms with Crippen molar-refractivity contribution in [2.24, 2.45) is 11.8 Å². The lowest BCUT2D eigenvalue weighted by Crippen LogP contribution is -2.39. The standard InChI is InChI=1S/C20H21NO4.C6H9NO2.C2H4O/c1-12(2)19(22)16-6-4-5-15(13(16)3)10-21-20(23)14-7-8-17-18(9-14)25-11-24-17;1-4-2-3-5(8)7-6(4)9;1-2-3/h4-9,12H,10-11H2,1-3H3,(H,21,23);4H,2-3H2,1H3,(H,7,8,9);2H,1H3. The van der Waals surface area contributed by atoms with Gasteiger partial charge in [0.1, 0.15) is 6.29 Å². The van der Waals surface area contributed by atoms with E-state index in [0.717, 1.165) is 17.4 Å². The van der Waals surface area contributed by atoms with Gasteiger partial charge in [-0.25, -0.2) is 0 Å². The van der Waals surface area contributed by atoms with Gasteiger partial charge >= 0.3 is 0 Å². The quantitative estimate of drug-likeness (QED) is 0.356. The monoisotopic (exact) mass is 510 g/mol. The predicted octanol–water partition coefficient (Wildman–Crippen LogP) is 3.76. The minimum absolute atomic E-state index is 0.0164. The van der Waals surface area contributed by atoms with E-state index < -0.39 is 0 Å². The Labute approximate surface area is 216 Å². The third kappa shape index (κ3) is 8.27. The van der Waals surface area contributed by atoms with Crippen LogP contribution >= 0.6 is 0 Å². The number of nitrogens with one attached hydrogen (secondary N) is 2. The van der Waals surface area contributed by atoms with Gasteiger partial charge < -0.3 is 19.6 Å². The van der Waals surface area contributed by atoms with E-state index in [2.05, 4.69) is 10.6 Å². The van der Waals surface area contributed by atoms with Crippen molar-refractivity contribution in [3.05, 3.63) is 58.7 Å². The summed E-state index contributed by atoms with van der Waals surface area (Å²) in [4.78, 5) is 54.6. The molecule has 0 saturated carbocycles. The van der Waals surface area contributed by atoms with Crippen LogP contribution in [0.4, 0.5) is 0 Å². The van der Waals surface area contributed by atoms with E-state index in [0.29, 0.717) is 42.0 Å². The molecule has 3 amide bonds. The van der Waals surface area contributed by atoms with E-state index in [-0.39, 0.29) is 42.1 Å². The summed E-state index contributed by atoms with van der Waals surface area (Å²) in [5.41, 5.74) is 3.06. The Balaban J connectivity index is 0.000000333. The molecule has 0 bridgehead atoms. The summed E-state index contributed by atoms with van der Waals surface area (Å²) in [6, 6.07) is 10.7. The van der Waals surface area contributed by atoms with Crippen molar-refractivity contribution in [2.75, 3.05) is 6.79 Å². The second-order valence-electron chi connectivity index (χ2n) is 8.95. The lowest BCUT2D eigenvalue weighted by Gasteiger charge is -2.15. The number of fused-ring (bicyclic) bond motifs is 1. The highest BCUT2D eigenvalue weighted by Crippen LogP contribution is 2.32. The molecule has 1 unspecified atom stereocenters. The lowest BCUT2D eigenvalue weighted by atomic mass is 9.94. The third-order valence-electron chi connectivity index (χ3n) is 5.82. The zero-order valence-corrected chi connectivity index (χ0v) is 21.9. The first-order valence-corrected chi connectivity index (χ1v) is 12.1. The summed E-state index contributed by atoms with van der Waals surface area (Å²) in [5.74, 6) is 0.824. The minimum atomic E-state index is -0.196. The van der Waals surface area contributed by atoms with E-state index in [1.165, 1.54) is 6.92 Å². The number of Topliss-reactive ketones (excluding diaryl/α,β-unsaturated/α-hetero) is 1. The lowest BCUT2D eigenvalue weighted by molar-refractivity contribution is -0.135. The average molecular weight is 511 g/mol. The fraction of sp³-hybridized carbons (Fsp3) is 0.393. The fourth-order valence-electron chi connectivity index (χ4n) is 3.57. The number of benzene rings is 2. The van der Waals surface area contributed by atoms with Crippen LogP contribution in [0.5, 0.6) is 11.5 Å². The molecule has 4 rings (SSSR count). The summed E-state index contributed by atoms with van der Waals surface area (Å²) in [6.07, 6.45) is 1.94.